The average Bonchev–Trinajstić information content (AvgIpc) is 2.56. The summed E-state index contributed by atoms with van der Waals surface area (Å²) in [6.45, 7) is 5.17. The van der Waals surface area contributed by atoms with Crippen LogP contribution < -0.4 is 9.80 Å². The van der Waals surface area contributed by atoms with Crippen molar-refractivity contribution in [3.63, 3.8) is 0 Å². The Morgan fingerprint density at radius 1 is 1.27 bits per heavy atom. The van der Waals surface area contributed by atoms with E-state index < -0.39 is 0 Å². The zero-order chi connectivity index (χ0) is 15.4. The van der Waals surface area contributed by atoms with Gasteiger partial charge in [-0.2, -0.15) is 4.98 Å². The molecule has 1 atom stereocenters. The summed E-state index contributed by atoms with van der Waals surface area (Å²) < 4.78 is 5.67. The second kappa shape index (κ2) is 6.96. The molecule has 1 unspecified atom stereocenters. The van der Waals surface area contributed by atoms with Gasteiger partial charge >= 0.3 is 0 Å². The highest BCUT2D eigenvalue weighted by Gasteiger charge is 2.22. The van der Waals surface area contributed by atoms with Gasteiger partial charge in [-0.15, -0.1) is 0 Å². The molecule has 0 radical (unpaired) electrons. The van der Waals surface area contributed by atoms with Gasteiger partial charge in [0.2, 0.25) is 5.95 Å². The molecule has 0 bridgehead atoms. The summed E-state index contributed by atoms with van der Waals surface area (Å²) >= 11 is 0. The van der Waals surface area contributed by atoms with E-state index in [2.05, 4.69) is 25.8 Å². The minimum absolute atomic E-state index is 0.357. The Kier molecular flexibility index (Phi) is 4.77. The SMILES string of the molecule is CN(C)c1nccc(N2CCN(CC3CCC=CO3)CC2)n1. The fourth-order valence-electron chi connectivity index (χ4n) is 2.90. The van der Waals surface area contributed by atoms with Crippen molar-refractivity contribution in [1.82, 2.24) is 14.9 Å². The number of rotatable bonds is 4. The van der Waals surface area contributed by atoms with Crippen LogP contribution in [0.4, 0.5) is 11.8 Å². The predicted octanol–water partition coefficient (Wildman–Crippen LogP) is 1.36. The number of ether oxygens (including phenoxy) is 1. The zero-order valence-corrected chi connectivity index (χ0v) is 13.5. The van der Waals surface area contributed by atoms with Crippen molar-refractivity contribution in [1.29, 1.82) is 0 Å². The fourth-order valence-corrected chi connectivity index (χ4v) is 2.90. The van der Waals surface area contributed by atoms with Gasteiger partial charge < -0.3 is 14.5 Å². The maximum atomic E-state index is 5.67. The second-order valence-electron chi connectivity index (χ2n) is 6.10. The van der Waals surface area contributed by atoms with Gasteiger partial charge in [-0.3, -0.25) is 4.90 Å². The van der Waals surface area contributed by atoms with Crippen molar-refractivity contribution in [2.45, 2.75) is 18.9 Å². The standard InChI is InChI=1S/C16H25N5O/c1-19(2)16-17-7-6-15(18-16)21-10-8-20(9-11-21)13-14-5-3-4-12-22-14/h4,6-7,12,14H,3,5,8-11,13H2,1-2H3. The summed E-state index contributed by atoms with van der Waals surface area (Å²) in [6, 6.07) is 2.00. The lowest BCUT2D eigenvalue weighted by Crippen LogP contribution is -2.49. The quantitative estimate of drug-likeness (QED) is 0.837. The maximum absolute atomic E-state index is 5.67. The van der Waals surface area contributed by atoms with Crippen molar-refractivity contribution in [2.24, 2.45) is 0 Å². The van der Waals surface area contributed by atoms with E-state index in [0.29, 0.717) is 6.10 Å². The molecular weight excluding hydrogens is 278 g/mol. The Bertz CT molecular complexity index is 511. The molecule has 3 rings (SSSR count). The van der Waals surface area contributed by atoms with Crippen LogP contribution in [0.25, 0.3) is 0 Å². The lowest BCUT2D eigenvalue weighted by Gasteiger charge is -2.37. The first-order valence-corrected chi connectivity index (χ1v) is 8.00. The monoisotopic (exact) mass is 303 g/mol. The topological polar surface area (TPSA) is 44.7 Å². The van der Waals surface area contributed by atoms with Crippen LogP contribution in [-0.4, -0.2) is 67.8 Å². The van der Waals surface area contributed by atoms with Gasteiger partial charge in [0.25, 0.3) is 0 Å². The smallest absolute Gasteiger partial charge is 0.226 e. The molecule has 1 aromatic rings. The number of nitrogens with zero attached hydrogens (tertiary/aromatic N) is 5. The second-order valence-corrected chi connectivity index (χ2v) is 6.10. The van der Waals surface area contributed by atoms with Crippen molar-refractivity contribution in [3.8, 4) is 0 Å². The van der Waals surface area contributed by atoms with Crippen LogP contribution in [-0.2, 0) is 4.74 Å². The summed E-state index contributed by atoms with van der Waals surface area (Å²) in [7, 11) is 3.94. The molecule has 22 heavy (non-hydrogen) atoms. The van der Waals surface area contributed by atoms with Crippen LogP contribution in [0.15, 0.2) is 24.6 Å². The van der Waals surface area contributed by atoms with Crippen LogP contribution in [0.5, 0.6) is 0 Å². The third-order valence-electron chi connectivity index (χ3n) is 4.21. The van der Waals surface area contributed by atoms with Crippen LogP contribution in [0.3, 0.4) is 0 Å². The molecule has 0 aromatic carbocycles. The van der Waals surface area contributed by atoms with E-state index in [1.807, 2.05) is 37.5 Å². The van der Waals surface area contributed by atoms with E-state index in [4.69, 9.17) is 4.74 Å². The molecule has 1 fully saturated rings. The molecule has 0 aliphatic carbocycles. The lowest BCUT2D eigenvalue weighted by atomic mass is 10.1. The number of hydrogen-bond acceptors (Lipinski definition) is 6. The maximum Gasteiger partial charge on any atom is 0.226 e. The van der Waals surface area contributed by atoms with E-state index in [1.54, 1.807) is 0 Å². The Balaban J connectivity index is 1.53. The zero-order valence-electron chi connectivity index (χ0n) is 13.5. The summed E-state index contributed by atoms with van der Waals surface area (Å²) in [5.41, 5.74) is 0. The first-order chi connectivity index (χ1) is 10.7. The van der Waals surface area contributed by atoms with Crippen LogP contribution in [0.2, 0.25) is 0 Å². The minimum Gasteiger partial charge on any atom is -0.497 e. The van der Waals surface area contributed by atoms with Crippen molar-refractivity contribution >= 4 is 11.8 Å². The average molecular weight is 303 g/mol. The molecule has 0 spiro atoms. The molecule has 0 saturated carbocycles. The molecule has 3 heterocycles. The van der Waals surface area contributed by atoms with E-state index >= 15 is 0 Å². The number of piperazine rings is 1. The Labute approximate surface area is 132 Å². The van der Waals surface area contributed by atoms with Gasteiger partial charge in [0.1, 0.15) is 11.9 Å². The van der Waals surface area contributed by atoms with E-state index in [1.165, 1.54) is 0 Å². The van der Waals surface area contributed by atoms with Gasteiger partial charge in [0.15, 0.2) is 0 Å². The van der Waals surface area contributed by atoms with Gasteiger partial charge in [0, 0.05) is 53.0 Å². The van der Waals surface area contributed by atoms with Crippen molar-refractivity contribution in [3.05, 3.63) is 24.6 Å². The van der Waals surface area contributed by atoms with Gasteiger partial charge in [-0.1, -0.05) is 0 Å². The van der Waals surface area contributed by atoms with E-state index in [0.717, 1.165) is 57.3 Å². The third kappa shape index (κ3) is 3.68. The Hall–Kier alpha value is -1.82. The molecule has 120 valence electrons. The normalized spacial score (nSPS) is 22.5. The highest BCUT2D eigenvalue weighted by atomic mass is 16.5. The molecule has 1 saturated heterocycles. The molecule has 1 aromatic heterocycles. The van der Waals surface area contributed by atoms with Gasteiger partial charge in [-0.05, 0) is 25.0 Å². The summed E-state index contributed by atoms with van der Waals surface area (Å²) in [4.78, 5) is 15.7. The molecular formula is C16H25N5O. The molecule has 6 heteroatoms. The molecule has 2 aliphatic heterocycles. The minimum atomic E-state index is 0.357. The van der Waals surface area contributed by atoms with E-state index in [-0.39, 0.29) is 0 Å². The van der Waals surface area contributed by atoms with Gasteiger partial charge in [-0.25, -0.2) is 4.98 Å². The van der Waals surface area contributed by atoms with Crippen LogP contribution in [0, 0.1) is 0 Å². The van der Waals surface area contributed by atoms with Crippen molar-refractivity contribution < 1.29 is 4.74 Å². The van der Waals surface area contributed by atoms with E-state index in [9.17, 15) is 0 Å². The Morgan fingerprint density at radius 2 is 2.09 bits per heavy atom. The number of anilines is 2. The number of aromatic nitrogens is 2. The summed E-state index contributed by atoms with van der Waals surface area (Å²) in [5, 5.41) is 0. The molecule has 6 nitrogen and oxygen atoms in total. The highest BCUT2D eigenvalue weighted by Crippen LogP contribution is 2.17. The third-order valence-corrected chi connectivity index (χ3v) is 4.21. The first kappa shape index (κ1) is 15.1. The fraction of sp³-hybridized carbons (Fsp3) is 0.625. The van der Waals surface area contributed by atoms with Crippen LogP contribution >= 0.6 is 0 Å². The summed E-state index contributed by atoms with van der Waals surface area (Å²) in [5.74, 6) is 1.79. The predicted molar refractivity (Wildman–Crippen MR) is 88.3 cm³/mol. The number of hydrogen-bond donors (Lipinski definition) is 0. The number of allylic oxidation sites excluding steroid dienone is 1. The Morgan fingerprint density at radius 3 is 2.77 bits per heavy atom. The summed E-state index contributed by atoms with van der Waals surface area (Å²) in [6.07, 6.45) is 8.43. The molecule has 0 N–H and O–H groups in total. The highest BCUT2D eigenvalue weighted by molar-refractivity contribution is 5.43. The van der Waals surface area contributed by atoms with Crippen molar-refractivity contribution in [2.75, 3.05) is 56.6 Å². The molecule has 2 aliphatic rings. The molecule has 0 amide bonds. The lowest BCUT2D eigenvalue weighted by molar-refractivity contribution is 0.0766. The largest absolute Gasteiger partial charge is 0.497 e. The van der Waals surface area contributed by atoms with Crippen LogP contribution in [0.1, 0.15) is 12.8 Å². The van der Waals surface area contributed by atoms with Gasteiger partial charge in [0.05, 0.1) is 6.26 Å². The first-order valence-electron chi connectivity index (χ1n) is 8.00.